The van der Waals surface area contributed by atoms with Crippen molar-refractivity contribution in [1.82, 2.24) is 4.57 Å². The van der Waals surface area contributed by atoms with Gasteiger partial charge in [-0.2, -0.15) is 0 Å². The molecule has 0 bridgehead atoms. The fourth-order valence-electron chi connectivity index (χ4n) is 3.17. The van der Waals surface area contributed by atoms with Crippen LogP contribution in [0.4, 0.5) is 0 Å². The summed E-state index contributed by atoms with van der Waals surface area (Å²) in [5.41, 5.74) is 5.25. The van der Waals surface area contributed by atoms with E-state index in [1.54, 1.807) is 26.0 Å². The van der Waals surface area contributed by atoms with Crippen LogP contribution in [0.15, 0.2) is 54.6 Å². The average Bonchev–Trinajstić information content (AvgIpc) is 2.89. The molecule has 1 heterocycles. The third kappa shape index (κ3) is 2.98. The number of benzene rings is 2. The van der Waals surface area contributed by atoms with Crippen LogP contribution in [-0.4, -0.2) is 21.4 Å². The number of para-hydroxylation sites is 1. The molecule has 126 valence electrons. The van der Waals surface area contributed by atoms with Gasteiger partial charge in [0.2, 0.25) is 0 Å². The normalized spacial score (nSPS) is 10.7. The Kier molecular flexibility index (Phi) is 4.28. The number of aryl methyl sites for hydroxylation is 1. The number of nitrogens with zero attached hydrogens (tertiary/aromatic N) is 1. The first-order valence-electron chi connectivity index (χ1n) is 8.03. The predicted octanol–water partition coefficient (Wildman–Crippen LogP) is 4.66. The first kappa shape index (κ1) is 16.7. The van der Waals surface area contributed by atoms with Crippen molar-refractivity contribution in [3.05, 3.63) is 77.1 Å². The Balaban J connectivity index is 2.23. The number of aromatic nitrogens is 1. The summed E-state index contributed by atoms with van der Waals surface area (Å²) in [5, 5.41) is 9.38. The standard InChI is InChI=1S/C21H19NO3/c1-13-11-19(21(24)25)14(2)22(13)20-10-5-4-9-18(20)17-8-6-7-16(12-17)15(3)23/h4-12H,1-3H3,(H,24,25). The fourth-order valence-corrected chi connectivity index (χ4v) is 3.17. The fraction of sp³-hybridized carbons (Fsp3) is 0.143. The van der Waals surface area contributed by atoms with Gasteiger partial charge in [0.25, 0.3) is 0 Å². The second-order valence-electron chi connectivity index (χ2n) is 6.08. The summed E-state index contributed by atoms with van der Waals surface area (Å²) < 4.78 is 1.94. The minimum absolute atomic E-state index is 0.0146. The first-order chi connectivity index (χ1) is 11.9. The van der Waals surface area contributed by atoms with E-state index in [2.05, 4.69) is 0 Å². The molecule has 25 heavy (non-hydrogen) atoms. The number of rotatable bonds is 4. The van der Waals surface area contributed by atoms with E-state index in [-0.39, 0.29) is 5.78 Å². The molecule has 0 amide bonds. The van der Waals surface area contributed by atoms with Gasteiger partial charge in [0.1, 0.15) is 0 Å². The van der Waals surface area contributed by atoms with Gasteiger partial charge in [-0.25, -0.2) is 4.79 Å². The van der Waals surface area contributed by atoms with Crippen LogP contribution in [0.3, 0.4) is 0 Å². The molecule has 0 saturated heterocycles. The Morgan fingerprint density at radius 3 is 2.32 bits per heavy atom. The summed E-state index contributed by atoms with van der Waals surface area (Å²) in [6, 6.07) is 17.0. The van der Waals surface area contributed by atoms with E-state index < -0.39 is 5.97 Å². The van der Waals surface area contributed by atoms with E-state index in [4.69, 9.17) is 0 Å². The Morgan fingerprint density at radius 2 is 1.68 bits per heavy atom. The number of carbonyl (C=O) groups excluding carboxylic acids is 1. The van der Waals surface area contributed by atoms with E-state index in [1.807, 2.05) is 54.0 Å². The predicted molar refractivity (Wildman–Crippen MR) is 97.6 cm³/mol. The molecule has 0 saturated carbocycles. The van der Waals surface area contributed by atoms with Gasteiger partial charge in [-0.3, -0.25) is 4.79 Å². The highest BCUT2D eigenvalue weighted by Gasteiger charge is 2.18. The van der Waals surface area contributed by atoms with Crippen molar-refractivity contribution in [2.24, 2.45) is 0 Å². The maximum atomic E-state index is 11.7. The van der Waals surface area contributed by atoms with Crippen molar-refractivity contribution in [2.75, 3.05) is 0 Å². The molecule has 0 spiro atoms. The Labute approximate surface area is 146 Å². The Hall–Kier alpha value is -3.14. The quantitative estimate of drug-likeness (QED) is 0.706. The lowest BCUT2D eigenvalue weighted by Crippen LogP contribution is -2.04. The molecule has 4 heteroatoms. The van der Waals surface area contributed by atoms with E-state index in [0.29, 0.717) is 16.8 Å². The second kappa shape index (κ2) is 6.40. The molecule has 2 aromatic carbocycles. The zero-order chi connectivity index (χ0) is 18.1. The van der Waals surface area contributed by atoms with Crippen LogP contribution < -0.4 is 0 Å². The number of hydrogen-bond donors (Lipinski definition) is 1. The number of hydrogen-bond acceptors (Lipinski definition) is 2. The summed E-state index contributed by atoms with van der Waals surface area (Å²) in [5.74, 6) is -0.920. The number of carboxylic acids is 1. The largest absolute Gasteiger partial charge is 0.478 e. The minimum Gasteiger partial charge on any atom is -0.478 e. The van der Waals surface area contributed by atoms with Gasteiger partial charge in [-0.05, 0) is 44.5 Å². The van der Waals surface area contributed by atoms with Gasteiger partial charge in [-0.1, -0.05) is 36.4 Å². The lowest BCUT2D eigenvalue weighted by atomic mass is 10.00. The molecule has 0 atom stereocenters. The zero-order valence-electron chi connectivity index (χ0n) is 14.4. The van der Waals surface area contributed by atoms with Crippen LogP contribution in [-0.2, 0) is 0 Å². The number of carbonyl (C=O) groups is 2. The SMILES string of the molecule is CC(=O)c1cccc(-c2ccccc2-n2c(C)cc(C(=O)O)c2C)c1. The van der Waals surface area contributed by atoms with Crippen molar-refractivity contribution in [2.45, 2.75) is 20.8 Å². The highest BCUT2D eigenvalue weighted by Crippen LogP contribution is 2.31. The van der Waals surface area contributed by atoms with Crippen LogP contribution in [0.25, 0.3) is 16.8 Å². The maximum absolute atomic E-state index is 11.7. The molecule has 0 radical (unpaired) electrons. The van der Waals surface area contributed by atoms with Gasteiger partial charge < -0.3 is 9.67 Å². The molecular weight excluding hydrogens is 314 g/mol. The van der Waals surface area contributed by atoms with Crippen LogP contribution in [0.5, 0.6) is 0 Å². The van der Waals surface area contributed by atoms with E-state index in [0.717, 1.165) is 22.5 Å². The summed E-state index contributed by atoms with van der Waals surface area (Å²) in [6.07, 6.45) is 0. The van der Waals surface area contributed by atoms with E-state index in [1.165, 1.54) is 0 Å². The molecule has 3 aromatic rings. The van der Waals surface area contributed by atoms with Crippen LogP contribution >= 0.6 is 0 Å². The van der Waals surface area contributed by atoms with Crippen LogP contribution in [0.1, 0.15) is 39.0 Å². The van der Waals surface area contributed by atoms with Gasteiger partial charge in [0.05, 0.1) is 11.3 Å². The highest BCUT2D eigenvalue weighted by atomic mass is 16.4. The van der Waals surface area contributed by atoms with Gasteiger partial charge in [-0.15, -0.1) is 0 Å². The lowest BCUT2D eigenvalue weighted by Gasteiger charge is -2.15. The van der Waals surface area contributed by atoms with Crippen molar-refractivity contribution < 1.29 is 14.7 Å². The van der Waals surface area contributed by atoms with Crippen molar-refractivity contribution in [3.8, 4) is 16.8 Å². The number of carboxylic acid groups (broad SMARTS) is 1. The topological polar surface area (TPSA) is 59.3 Å². The Bertz CT molecular complexity index is 983. The van der Waals surface area contributed by atoms with Gasteiger partial charge in [0.15, 0.2) is 5.78 Å². The number of Topliss-reactive ketones (excluding diaryl/α,β-unsaturated/α-hetero) is 1. The Morgan fingerprint density at radius 1 is 0.960 bits per heavy atom. The molecule has 0 unspecified atom stereocenters. The third-order valence-electron chi connectivity index (χ3n) is 4.39. The second-order valence-corrected chi connectivity index (χ2v) is 6.08. The smallest absolute Gasteiger partial charge is 0.337 e. The minimum atomic E-state index is -0.935. The molecule has 4 nitrogen and oxygen atoms in total. The first-order valence-corrected chi connectivity index (χ1v) is 8.03. The zero-order valence-corrected chi connectivity index (χ0v) is 14.4. The van der Waals surface area contributed by atoms with E-state index in [9.17, 15) is 14.7 Å². The van der Waals surface area contributed by atoms with Crippen LogP contribution in [0, 0.1) is 13.8 Å². The van der Waals surface area contributed by atoms with E-state index >= 15 is 0 Å². The number of ketones is 1. The molecule has 1 N–H and O–H groups in total. The van der Waals surface area contributed by atoms with Gasteiger partial charge in [0, 0.05) is 22.5 Å². The lowest BCUT2D eigenvalue weighted by molar-refractivity contribution is 0.0696. The molecular formula is C21H19NO3. The third-order valence-corrected chi connectivity index (χ3v) is 4.39. The molecule has 1 aromatic heterocycles. The number of aromatic carboxylic acids is 1. The molecule has 3 rings (SSSR count). The van der Waals surface area contributed by atoms with Gasteiger partial charge >= 0.3 is 5.97 Å². The highest BCUT2D eigenvalue weighted by molar-refractivity contribution is 5.95. The molecule has 0 fully saturated rings. The average molecular weight is 333 g/mol. The summed E-state index contributed by atoms with van der Waals surface area (Å²) in [4.78, 5) is 23.1. The summed E-state index contributed by atoms with van der Waals surface area (Å²) in [6.45, 7) is 5.24. The van der Waals surface area contributed by atoms with Crippen molar-refractivity contribution >= 4 is 11.8 Å². The molecule has 0 aliphatic rings. The summed E-state index contributed by atoms with van der Waals surface area (Å²) >= 11 is 0. The molecule has 0 aliphatic heterocycles. The van der Waals surface area contributed by atoms with Crippen molar-refractivity contribution in [1.29, 1.82) is 0 Å². The summed E-state index contributed by atoms with van der Waals surface area (Å²) in [7, 11) is 0. The molecule has 0 aliphatic carbocycles. The maximum Gasteiger partial charge on any atom is 0.337 e. The van der Waals surface area contributed by atoms with Crippen molar-refractivity contribution in [3.63, 3.8) is 0 Å². The van der Waals surface area contributed by atoms with Crippen LogP contribution in [0.2, 0.25) is 0 Å². The monoisotopic (exact) mass is 333 g/mol.